The summed E-state index contributed by atoms with van der Waals surface area (Å²) in [5, 5.41) is 12.5. The van der Waals surface area contributed by atoms with Crippen molar-refractivity contribution in [3.8, 4) is 0 Å². The molecule has 20 heavy (non-hydrogen) atoms. The molecule has 1 saturated heterocycles. The lowest BCUT2D eigenvalue weighted by molar-refractivity contribution is -0.384. The number of nitrogens with one attached hydrogen (secondary N) is 1. The lowest BCUT2D eigenvalue weighted by atomic mass is 10.1. The Hall–Kier alpha value is -2.77. The van der Waals surface area contributed by atoms with Gasteiger partial charge in [-0.05, 0) is 17.7 Å². The molecule has 1 aromatic carbocycles. The third-order valence-corrected chi connectivity index (χ3v) is 2.78. The minimum Gasteiger partial charge on any atom is -0.460 e. The van der Waals surface area contributed by atoms with Crippen molar-refractivity contribution in [3.05, 3.63) is 39.9 Å². The van der Waals surface area contributed by atoms with E-state index in [0.29, 0.717) is 5.56 Å². The predicted molar refractivity (Wildman–Crippen MR) is 64.1 cm³/mol. The number of carbonyl (C=O) groups is 3. The largest absolute Gasteiger partial charge is 0.460 e. The topological polar surface area (TPSA) is 116 Å². The average Bonchev–Trinajstić information content (AvgIpc) is 2.75. The number of esters is 1. The van der Waals surface area contributed by atoms with Crippen molar-refractivity contribution in [1.82, 2.24) is 5.32 Å². The monoisotopic (exact) mass is 278 g/mol. The number of hydrogen-bond acceptors (Lipinski definition) is 6. The van der Waals surface area contributed by atoms with Crippen LogP contribution in [0.3, 0.4) is 0 Å². The van der Waals surface area contributed by atoms with E-state index in [1.807, 2.05) is 5.32 Å². The Bertz CT molecular complexity index is 580. The zero-order chi connectivity index (χ0) is 14.7. The Balaban J connectivity index is 1.92. The van der Waals surface area contributed by atoms with Crippen molar-refractivity contribution in [1.29, 1.82) is 0 Å². The summed E-state index contributed by atoms with van der Waals surface area (Å²) in [6.07, 6.45) is -0.210. The maximum atomic E-state index is 11.6. The molecule has 0 aromatic heterocycles. The number of benzene rings is 1. The van der Waals surface area contributed by atoms with Crippen LogP contribution >= 0.6 is 0 Å². The molecule has 2 amide bonds. The van der Waals surface area contributed by atoms with Crippen molar-refractivity contribution in [3.63, 3.8) is 0 Å². The second kappa shape index (κ2) is 5.47. The number of non-ortho nitro benzene ring substituents is 1. The van der Waals surface area contributed by atoms with E-state index in [-0.39, 0.29) is 18.7 Å². The minimum atomic E-state index is -1.11. The number of carbonyl (C=O) groups excluding carboxylic acids is 3. The summed E-state index contributed by atoms with van der Waals surface area (Å²) >= 11 is 0. The molecule has 1 aliphatic heterocycles. The molecular weight excluding hydrogens is 268 g/mol. The van der Waals surface area contributed by atoms with Crippen LogP contribution in [-0.2, 0) is 25.7 Å². The number of ether oxygens (including phenoxy) is 1. The molecule has 1 aliphatic rings. The van der Waals surface area contributed by atoms with E-state index in [2.05, 4.69) is 0 Å². The summed E-state index contributed by atoms with van der Waals surface area (Å²) < 4.78 is 4.91. The summed E-state index contributed by atoms with van der Waals surface area (Å²) in [6.45, 7) is -0.116. The normalized spacial score (nSPS) is 17.7. The fraction of sp³-hybridized carbons (Fsp3) is 0.250. The molecule has 0 aliphatic carbocycles. The minimum absolute atomic E-state index is 0.0687. The first-order valence-electron chi connectivity index (χ1n) is 5.71. The van der Waals surface area contributed by atoms with Gasteiger partial charge in [0, 0.05) is 18.6 Å². The first-order valence-corrected chi connectivity index (χ1v) is 5.71. The fourth-order valence-corrected chi connectivity index (χ4v) is 1.71. The Morgan fingerprint density at radius 2 is 2.00 bits per heavy atom. The Kier molecular flexibility index (Phi) is 3.74. The third kappa shape index (κ3) is 2.97. The molecule has 1 heterocycles. The second-order valence-corrected chi connectivity index (χ2v) is 4.20. The summed E-state index contributed by atoms with van der Waals surface area (Å²) in [4.78, 5) is 43.7. The van der Waals surface area contributed by atoms with Crippen molar-refractivity contribution in [2.45, 2.75) is 13.0 Å². The summed E-state index contributed by atoms with van der Waals surface area (Å²) in [7, 11) is 0. The molecule has 1 fully saturated rings. The second-order valence-electron chi connectivity index (χ2n) is 4.20. The molecule has 0 radical (unpaired) electrons. The number of rotatable bonds is 4. The zero-order valence-electron chi connectivity index (χ0n) is 10.2. The van der Waals surface area contributed by atoms with Crippen molar-refractivity contribution in [2.75, 3.05) is 0 Å². The van der Waals surface area contributed by atoms with Crippen LogP contribution in [0.15, 0.2) is 24.3 Å². The highest BCUT2D eigenvalue weighted by Crippen LogP contribution is 2.16. The van der Waals surface area contributed by atoms with Gasteiger partial charge in [-0.25, -0.2) is 0 Å². The van der Waals surface area contributed by atoms with Gasteiger partial charge in [-0.3, -0.25) is 29.8 Å². The zero-order valence-corrected chi connectivity index (χ0v) is 10.2. The van der Waals surface area contributed by atoms with Gasteiger partial charge in [0.05, 0.1) is 4.92 Å². The number of amides is 2. The number of nitro benzene ring substituents is 1. The van der Waals surface area contributed by atoms with Crippen LogP contribution in [0.2, 0.25) is 0 Å². The summed E-state index contributed by atoms with van der Waals surface area (Å²) in [5.41, 5.74) is 0.481. The maximum Gasteiger partial charge on any atom is 0.319 e. The highest BCUT2D eigenvalue weighted by Gasteiger charge is 2.37. The van der Waals surface area contributed by atoms with E-state index in [1.54, 1.807) is 0 Å². The Morgan fingerprint density at radius 1 is 1.35 bits per heavy atom. The molecule has 8 heteroatoms. The lowest BCUT2D eigenvalue weighted by Crippen LogP contribution is -2.27. The molecule has 1 unspecified atom stereocenters. The molecule has 8 nitrogen and oxygen atoms in total. The average molecular weight is 278 g/mol. The summed E-state index contributed by atoms with van der Waals surface area (Å²) in [6, 6.07) is 5.47. The van der Waals surface area contributed by atoms with Crippen LogP contribution in [0, 0.1) is 16.0 Å². The molecule has 1 atom stereocenters. The van der Waals surface area contributed by atoms with Crippen LogP contribution in [-0.4, -0.2) is 22.7 Å². The predicted octanol–water partition coefficient (Wildman–Crippen LogP) is 0.301. The quantitative estimate of drug-likeness (QED) is 0.278. The maximum absolute atomic E-state index is 11.6. The third-order valence-electron chi connectivity index (χ3n) is 2.78. The van der Waals surface area contributed by atoms with Crippen LogP contribution in [0.5, 0.6) is 0 Å². The van der Waals surface area contributed by atoms with Gasteiger partial charge in [-0.15, -0.1) is 0 Å². The standard InChI is InChI=1S/C12H10N2O6/c15-10-5-9(11(16)13-10)12(17)20-6-7-1-3-8(4-2-7)14(18)19/h1-4,9H,5-6H2,(H,13,15,16). The van der Waals surface area contributed by atoms with E-state index in [0.717, 1.165) is 0 Å². The van der Waals surface area contributed by atoms with E-state index in [4.69, 9.17) is 4.74 Å². The van der Waals surface area contributed by atoms with Crippen molar-refractivity contribution in [2.24, 2.45) is 5.92 Å². The number of nitrogens with zero attached hydrogens (tertiary/aromatic N) is 1. The first kappa shape index (κ1) is 13.7. The molecule has 0 bridgehead atoms. The number of hydrogen-bond donors (Lipinski definition) is 1. The Labute approximate surface area is 112 Å². The van der Waals surface area contributed by atoms with Crippen LogP contribution < -0.4 is 5.32 Å². The lowest BCUT2D eigenvalue weighted by Gasteiger charge is -2.07. The molecule has 1 aromatic rings. The molecular formula is C12H10N2O6. The van der Waals surface area contributed by atoms with Gasteiger partial charge < -0.3 is 4.74 Å². The van der Waals surface area contributed by atoms with E-state index < -0.39 is 28.6 Å². The number of imide groups is 1. The number of nitro groups is 1. The van der Waals surface area contributed by atoms with Crippen molar-refractivity contribution >= 4 is 23.5 Å². The van der Waals surface area contributed by atoms with Crippen LogP contribution in [0.25, 0.3) is 0 Å². The molecule has 1 N–H and O–H groups in total. The van der Waals surface area contributed by atoms with Gasteiger partial charge in [0.25, 0.3) is 5.69 Å². The van der Waals surface area contributed by atoms with Gasteiger partial charge in [-0.1, -0.05) is 0 Å². The van der Waals surface area contributed by atoms with Crippen molar-refractivity contribution < 1.29 is 24.0 Å². The van der Waals surface area contributed by atoms with Gasteiger partial charge in [0.2, 0.25) is 11.8 Å². The first-order chi connectivity index (χ1) is 9.47. The van der Waals surface area contributed by atoms with E-state index in [9.17, 15) is 24.5 Å². The van der Waals surface area contributed by atoms with Crippen LogP contribution in [0.4, 0.5) is 5.69 Å². The molecule has 0 saturated carbocycles. The van der Waals surface area contributed by atoms with E-state index in [1.165, 1.54) is 24.3 Å². The summed E-state index contributed by atoms with van der Waals surface area (Å²) in [5.74, 6) is -3.07. The highest BCUT2D eigenvalue weighted by molar-refractivity contribution is 6.12. The molecule has 104 valence electrons. The van der Waals surface area contributed by atoms with Gasteiger partial charge in [0.15, 0.2) is 0 Å². The van der Waals surface area contributed by atoms with Gasteiger partial charge in [0.1, 0.15) is 12.5 Å². The van der Waals surface area contributed by atoms with Gasteiger partial charge in [-0.2, -0.15) is 0 Å². The SMILES string of the molecule is O=C1CC(C(=O)OCc2ccc([N+](=O)[O-])cc2)C(=O)N1. The molecule has 2 rings (SSSR count). The fourth-order valence-electron chi connectivity index (χ4n) is 1.71. The Morgan fingerprint density at radius 3 is 2.50 bits per heavy atom. The van der Waals surface area contributed by atoms with Gasteiger partial charge >= 0.3 is 5.97 Å². The van der Waals surface area contributed by atoms with Crippen LogP contribution in [0.1, 0.15) is 12.0 Å². The van der Waals surface area contributed by atoms with E-state index >= 15 is 0 Å². The molecule has 0 spiro atoms. The smallest absolute Gasteiger partial charge is 0.319 e. The highest BCUT2D eigenvalue weighted by atomic mass is 16.6.